The highest BCUT2D eigenvalue weighted by Gasteiger charge is 2.66. The molecule has 0 amide bonds. The van der Waals surface area contributed by atoms with E-state index in [2.05, 4.69) is 53.4 Å². The maximum absolute atomic E-state index is 11.2. The van der Waals surface area contributed by atoms with Crippen LogP contribution < -0.4 is 38.1 Å². The van der Waals surface area contributed by atoms with Gasteiger partial charge in [-0.2, -0.15) is 5.26 Å². The largest absolute Gasteiger partial charge is 0.329 e. The number of hydrogen-bond acceptors (Lipinski definition) is 8. The van der Waals surface area contributed by atoms with Crippen LogP contribution in [-0.4, -0.2) is 71.5 Å². The number of nitriles is 1. The zero-order valence-corrected chi connectivity index (χ0v) is 39.6. The SMILES string of the molecule is CC(CN)(NC1CC1)C1CC1.CC(CNC1C2CC3CC1C(CC(C#N)(NC1CC1)C1CC1)C(CC(C)(NC1CC1)C(N)C1C4CC5CC(C4)CC1C5)(C3)C2)(NC1CC1)C1CC1. The lowest BCUT2D eigenvalue weighted by molar-refractivity contribution is -0.155. The Kier molecular flexibility index (Phi) is 10.7. The summed E-state index contributed by atoms with van der Waals surface area (Å²) >= 11 is 0. The van der Waals surface area contributed by atoms with Gasteiger partial charge in [-0.1, -0.05) is 0 Å². The van der Waals surface area contributed by atoms with Crippen LogP contribution in [0.3, 0.4) is 0 Å². The molecule has 0 heterocycles. The first-order valence-corrected chi connectivity index (χ1v) is 27.6. The molecule has 0 aromatic rings. The molecule has 15 fully saturated rings. The summed E-state index contributed by atoms with van der Waals surface area (Å²) in [6.45, 7) is 9.40. The van der Waals surface area contributed by atoms with Crippen molar-refractivity contribution in [3.05, 3.63) is 0 Å². The molecule has 0 aromatic heterocycles. The van der Waals surface area contributed by atoms with Gasteiger partial charge in [-0.25, -0.2) is 0 Å². The summed E-state index contributed by atoms with van der Waals surface area (Å²) in [5.74, 6) is 9.62. The van der Waals surface area contributed by atoms with Gasteiger partial charge in [-0.3, -0.25) is 5.32 Å². The van der Waals surface area contributed by atoms with Gasteiger partial charge in [0.15, 0.2) is 0 Å². The van der Waals surface area contributed by atoms with Crippen molar-refractivity contribution in [1.82, 2.24) is 26.6 Å². The Hall–Kier alpha value is -0.790. The van der Waals surface area contributed by atoms with E-state index >= 15 is 0 Å². The van der Waals surface area contributed by atoms with Gasteiger partial charge in [0, 0.05) is 66.0 Å². The summed E-state index contributed by atoms with van der Waals surface area (Å²) in [5, 5.41) is 31.9. The molecule has 0 spiro atoms. The third kappa shape index (κ3) is 8.33. The highest BCUT2D eigenvalue weighted by molar-refractivity contribution is 5.23. The van der Waals surface area contributed by atoms with Crippen LogP contribution in [0.4, 0.5) is 0 Å². The molecule has 15 aliphatic rings. The fourth-order valence-corrected chi connectivity index (χ4v) is 17.8. The molecule has 15 rings (SSSR count). The van der Waals surface area contributed by atoms with E-state index in [9.17, 15) is 5.26 Å². The molecule has 62 heavy (non-hydrogen) atoms. The fourth-order valence-electron chi connectivity index (χ4n) is 17.8. The third-order valence-corrected chi connectivity index (χ3v) is 21.5. The van der Waals surface area contributed by atoms with Crippen molar-refractivity contribution >= 4 is 0 Å². The van der Waals surface area contributed by atoms with Crippen molar-refractivity contribution in [1.29, 1.82) is 5.26 Å². The molecule has 0 aliphatic heterocycles. The third-order valence-electron chi connectivity index (χ3n) is 21.5. The molecule has 11 unspecified atom stereocenters. The number of hydrogen-bond donors (Lipinski definition) is 7. The first-order valence-electron chi connectivity index (χ1n) is 27.6. The Labute approximate surface area is 377 Å². The summed E-state index contributed by atoms with van der Waals surface area (Å²) in [7, 11) is 0. The normalized spacial score (nSPS) is 44.6. The molecule has 8 nitrogen and oxygen atoms in total. The van der Waals surface area contributed by atoms with Crippen molar-refractivity contribution in [3.63, 3.8) is 0 Å². The summed E-state index contributed by atoms with van der Waals surface area (Å²) in [6, 6.07) is 6.73. The lowest BCUT2D eigenvalue weighted by atomic mass is 9.40. The molecule has 0 aromatic carbocycles. The molecule has 8 bridgehead atoms. The quantitative estimate of drug-likeness (QED) is 0.0620. The second-order valence-corrected chi connectivity index (χ2v) is 27.0. The van der Waals surface area contributed by atoms with Gasteiger partial charge >= 0.3 is 0 Å². The van der Waals surface area contributed by atoms with E-state index in [0.29, 0.717) is 47.2 Å². The Morgan fingerprint density at radius 3 is 1.69 bits per heavy atom. The van der Waals surface area contributed by atoms with Gasteiger partial charge in [0.2, 0.25) is 0 Å². The molecule has 15 saturated carbocycles. The Balaban J connectivity index is 0.000000325. The van der Waals surface area contributed by atoms with Crippen molar-refractivity contribution in [2.24, 2.45) is 87.9 Å². The van der Waals surface area contributed by atoms with E-state index in [1.165, 1.54) is 154 Å². The molecule has 15 aliphatic carbocycles. The van der Waals surface area contributed by atoms with Gasteiger partial charge < -0.3 is 32.7 Å². The molecule has 346 valence electrons. The maximum Gasteiger partial charge on any atom is 0.110 e. The molecular formula is C54H90N8. The van der Waals surface area contributed by atoms with Crippen LogP contribution >= 0.6 is 0 Å². The van der Waals surface area contributed by atoms with Crippen LogP contribution in [0.5, 0.6) is 0 Å². The second-order valence-electron chi connectivity index (χ2n) is 27.0. The van der Waals surface area contributed by atoms with E-state index in [-0.39, 0.29) is 28.2 Å². The predicted octanol–water partition coefficient (Wildman–Crippen LogP) is 7.90. The second kappa shape index (κ2) is 15.6. The zero-order valence-electron chi connectivity index (χ0n) is 39.6. The minimum Gasteiger partial charge on any atom is -0.329 e. The van der Waals surface area contributed by atoms with E-state index in [4.69, 9.17) is 11.5 Å². The molecule has 11 atom stereocenters. The minimum absolute atomic E-state index is 0.0222. The van der Waals surface area contributed by atoms with Gasteiger partial charge in [0.1, 0.15) is 5.54 Å². The van der Waals surface area contributed by atoms with E-state index in [1.807, 2.05) is 0 Å². The summed E-state index contributed by atoms with van der Waals surface area (Å²) in [4.78, 5) is 0. The fraction of sp³-hybridized carbons (Fsp3) is 0.981. The van der Waals surface area contributed by atoms with Crippen molar-refractivity contribution < 1.29 is 0 Å². The highest BCUT2D eigenvalue weighted by atomic mass is 15.1. The standard InChI is InChI=1S/C45H72N6.C9H18N2/c1-42(49-34-7-8-34,41(47)39-29-14-26-13-27(16-29)17-30(39)15-26)23-44-20-28-18-31(21-44)40(48-25-43(2,32-3-4-32)50-35-9-10-35)37(19-28)38(44)22-45(24-46,33-5-6-33)51-36-11-12-36;1-9(6-10,7-2-3-7)11-8-4-5-8/h26-41,48-51H,3-23,25,47H2,1-2H3;7-8,11H,2-6,10H2,1H3. The number of rotatable bonds is 21. The Bertz CT molecular complexity index is 1660. The first kappa shape index (κ1) is 42.6. The van der Waals surface area contributed by atoms with Crippen molar-refractivity contribution in [2.45, 2.75) is 240 Å². The molecular weight excluding hydrogens is 761 g/mol. The summed E-state index contributed by atoms with van der Waals surface area (Å²) < 4.78 is 0. The summed E-state index contributed by atoms with van der Waals surface area (Å²) in [6.07, 6.45) is 34.0. The van der Waals surface area contributed by atoms with E-state index in [0.717, 1.165) is 78.9 Å². The number of nitrogens with one attached hydrogen (secondary N) is 5. The monoisotopic (exact) mass is 851 g/mol. The number of nitrogens with zero attached hydrogens (tertiary/aromatic N) is 1. The van der Waals surface area contributed by atoms with Crippen LogP contribution in [0.25, 0.3) is 0 Å². The molecule has 0 saturated heterocycles. The highest BCUT2D eigenvalue weighted by Crippen LogP contribution is 2.68. The Morgan fingerprint density at radius 2 is 1.15 bits per heavy atom. The number of nitrogens with two attached hydrogens (primary N) is 2. The van der Waals surface area contributed by atoms with E-state index in [1.54, 1.807) is 0 Å². The average Bonchev–Trinajstić information content (AvgIpc) is 4.04. The van der Waals surface area contributed by atoms with Crippen LogP contribution in [0, 0.1) is 87.8 Å². The van der Waals surface area contributed by atoms with Crippen LogP contribution in [0.1, 0.15) is 181 Å². The van der Waals surface area contributed by atoms with Crippen LogP contribution in [0.2, 0.25) is 0 Å². The van der Waals surface area contributed by atoms with E-state index < -0.39 is 0 Å². The minimum atomic E-state index is -0.335. The average molecular weight is 851 g/mol. The topological polar surface area (TPSA) is 136 Å². The maximum atomic E-state index is 11.2. The van der Waals surface area contributed by atoms with Gasteiger partial charge in [-0.15, -0.1) is 0 Å². The van der Waals surface area contributed by atoms with Crippen LogP contribution in [-0.2, 0) is 0 Å². The van der Waals surface area contributed by atoms with Crippen LogP contribution in [0.15, 0.2) is 0 Å². The van der Waals surface area contributed by atoms with Gasteiger partial charge in [-0.05, 0) is 258 Å². The van der Waals surface area contributed by atoms with Crippen molar-refractivity contribution in [2.75, 3.05) is 13.1 Å². The van der Waals surface area contributed by atoms with Gasteiger partial charge in [0.05, 0.1) is 6.07 Å². The molecule has 0 radical (unpaired) electrons. The Morgan fingerprint density at radius 1 is 0.613 bits per heavy atom. The predicted molar refractivity (Wildman–Crippen MR) is 250 cm³/mol. The summed E-state index contributed by atoms with van der Waals surface area (Å²) in [5.41, 5.74) is 14.1. The first-order chi connectivity index (χ1) is 29.9. The zero-order chi connectivity index (χ0) is 42.2. The molecule has 8 heteroatoms. The molecule has 9 N–H and O–H groups in total. The lowest BCUT2D eigenvalue weighted by Gasteiger charge is -2.67. The van der Waals surface area contributed by atoms with Gasteiger partial charge in [0.25, 0.3) is 0 Å². The lowest BCUT2D eigenvalue weighted by Crippen LogP contribution is -2.70. The van der Waals surface area contributed by atoms with Crippen molar-refractivity contribution in [3.8, 4) is 6.07 Å². The smallest absolute Gasteiger partial charge is 0.110 e.